The van der Waals surface area contributed by atoms with E-state index in [1.54, 1.807) is 18.2 Å². The van der Waals surface area contributed by atoms with Crippen molar-refractivity contribution in [1.82, 2.24) is 0 Å². The molecule has 3 heteroatoms. The van der Waals surface area contributed by atoms with E-state index in [-0.39, 0.29) is 11.9 Å². The maximum atomic E-state index is 11.6. The Balaban J connectivity index is 2.51. The lowest BCUT2D eigenvalue weighted by atomic mass is 9.93. The first-order valence-electron chi connectivity index (χ1n) is 5.29. The Morgan fingerprint density at radius 3 is 2.81 bits per heavy atom. The normalized spacial score (nSPS) is 18.8. The Hall–Kier alpha value is -1.61. The second kappa shape index (κ2) is 4.10. The van der Waals surface area contributed by atoms with E-state index in [4.69, 9.17) is 4.74 Å². The number of rotatable bonds is 2. The van der Waals surface area contributed by atoms with Gasteiger partial charge in [0.15, 0.2) is 5.78 Å². The highest BCUT2D eigenvalue weighted by atomic mass is 16.5. The van der Waals surface area contributed by atoms with Crippen LogP contribution in [-0.4, -0.2) is 17.0 Å². The summed E-state index contributed by atoms with van der Waals surface area (Å²) in [5.74, 6) is 0.493. The van der Waals surface area contributed by atoms with Crippen molar-refractivity contribution < 1.29 is 14.6 Å². The number of carbonyl (C=O) groups is 1. The topological polar surface area (TPSA) is 46.5 Å². The Morgan fingerprint density at radius 1 is 1.38 bits per heavy atom. The van der Waals surface area contributed by atoms with Crippen LogP contribution < -0.4 is 4.74 Å². The van der Waals surface area contributed by atoms with Crippen molar-refractivity contribution in [3.05, 3.63) is 41.5 Å². The minimum atomic E-state index is -0.761. The molecule has 0 spiro atoms. The number of aliphatic hydroxyl groups is 1. The molecule has 0 saturated heterocycles. The van der Waals surface area contributed by atoms with E-state index in [9.17, 15) is 9.90 Å². The van der Waals surface area contributed by atoms with Crippen molar-refractivity contribution in [2.75, 3.05) is 0 Å². The van der Waals surface area contributed by atoms with E-state index in [0.717, 1.165) is 0 Å². The van der Waals surface area contributed by atoms with Crippen LogP contribution >= 0.6 is 0 Å². The van der Waals surface area contributed by atoms with Crippen LogP contribution in [0.4, 0.5) is 0 Å². The first-order valence-corrected chi connectivity index (χ1v) is 5.29. The minimum absolute atomic E-state index is 0.0136. The number of ether oxygens (including phenoxy) is 1. The summed E-state index contributed by atoms with van der Waals surface area (Å²) in [6, 6.07) is 5.24. The molecule has 0 aromatic heterocycles. The predicted octanol–water partition coefficient (Wildman–Crippen LogP) is 2.26. The number of ketones is 1. The highest BCUT2D eigenvalue weighted by Crippen LogP contribution is 2.33. The van der Waals surface area contributed by atoms with Crippen molar-refractivity contribution in [2.45, 2.75) is 26.1 Å². The standard InChI is InChI=1S/C13H14O3/c1-8(2)16-12-5-3-4-9-10(14)6-7-11(15)13(9)12/h3-8,11,15H,1-2H3. The van der Waals surface area contributed by atoms with Gasteiger partial charge in [-0.3, -0.25) is 4.79 Å². The van der Waals surface area contributed by atoms with Gasteiger partial charge < -0.3 is 9.84 Å². The Labute approximate surface area is 94.4 Å². The zero-order valence-electron chi connectivity index (χ0n) is 9.31. The van der Waals surface area contributed by atoms with Crippen LogP contribution in [0, 0.1) is 0 Å². The van der Waals surface area contributed by atoms with E-state index >= 15 is 0 Å². The van der Waals surface area contributed by atoms with Gasteiger partial charge in [-0.05, 0) is 32.1 Å². The molecule has 0 heterocycles. The quantitative estimate of drug-likeness (QED) is 0.828. The molecule has 0 amide bonds. The third-order valence-electron chi connectivity index (χ3n) is 2.42. The van der Waals surface area contributed by atoms with Crippen LogP contribution in [0.1, 0.15) is 35.9 Å². The largest absolute Gasteiger partial charge is 0.491 e. The Kier molecular flexibility index (Phi) is 2.79. The zero-order valence-corrected chi connectivity index (χ0v) is 9.31. The molecule has 84 valence electrons. The second-order valence-corrected chi connectivity index (χ2v) is 4.05. The summed E-state index contributed by atoms with van der Waals surface area (Å²) in [5, 5.41) is 9.85. The molecule has 0 aliphatic heterocycles. The summed E-state index contributed by atoms with van der Waals surface area (Å²) < 4.78 is 5.59. The van der Waals surface area contributed by atoms with Gasteiger partial charge in [-0.2, -0.15) is 0 Å². The molecule has 1 atom stereocenters. The van der Waals surface area contributed by atoms with E-state index in [2.05, 4.69) is 0 Å². The average Bonchev–Trinajstić information content (AvgIpc) is 2.23. The Bertz CT molecular complexity index is 446. The van der Waals surface area contributed by atoms with Gasteiger partial charge in [0.2, 0.25) is 0 Å². The van der Waals surface area contributed by atoms with Crippen molar-refractivity contribution in [3.63, 3.8) is 0 Å². The maximum absolute atomic E-state index is 11.6. The molecule has 2 rings (SSSR count). The van der Waals surface area contributed by atoms with E-state index in [1.165, 1.54) is 12.2 Å². The van der Waals surface area contributed by atoms with Gasteiger partial charge in [0.25, 0.3) is 0 Å². The van der Waals surface area contributed by atoms with Crippen LogP contribution in [0.15, 0.2) is 30.4 Å². The molecular formula is C13H14O3. The molecule has 1 aliphatic rings. The third kappa shape index (κ3) is 1.86. The van der Waals surface area contributed by atoms with Crippen molar-refractivity contribution >= 4 is 5.78 Å². The van der Waals surface area contributed by atoms with Gasteiger partial charge in [0.05, 0.1) is 6.10 Å². The van der Waals surface area contributed by atoms with E-state index in [1.807, 2.05) is 13.8 Å². The molecule has 1 aromatic rings. The van der Waals surface area contributed by atoms with Gasteiger partial charge in [-0.25, -0.2) is 0 Å². The van der Waals surface area contributed by atoms with Crippen LogP contribution in [-0.2, 0) is 0 Å². The number of fused-ring (bicyclic) bond motifs is 1. The summed E-state index contributed by atoms with van der Waals surface area (Å²) in [6.45, 7) is 3.82. The van der Waals surface area contributed by atoms with E-state index in [0.29, 0.717) is 16.9 Å². The fourth-order valence-electron chi connectivity index (χ4n) is 1.79. The third-order valence-corrected chi connectivity index (χ3v) is 2.42. The number of benzene rings is 1. The summed E-state index contributed by atoms with van der Waals surface area (Å²) in [5.41, 5.74) is 1.09. The lowest BCUT2D eigenvalue weighted by Gasteiger charge is -2.21. The fourth-order valence-corrected chi connectivity index (χ4v) is 1.79. The minimum Gasteiger partial charge on any atom is -0.491 e. The van der Waals surface area contributed by atoms with Crippen molar-refractivity contribution in [1.29, 1.82) is 0 Å². The fraction of sp³-hybridized carbons (Fsp3) is 0.308. The van der Waals surface area contributed by atoms with Gasteiger partial charge in [0.1, 0.15) is 11.9 Å². The van der Waals surface area contributed by atoms with Crippen LogP contribution in [0.25, 0.3) is 0 Å². The summed E-state index contributed by atoms with van der Waals surface area (Å²) >= 11 is 0. The number of hydrogen-bond acceptors (Lipinski definition) is 3. The van der Waals surface area contributed by atoms with Gasteiger partial charge in [-0.15, -0.1) is 0 Å². The highest BCUT2D eigenvalue weighted by molar-refractivity contribution is 6.07. The molecular weight excluding hydrogens is 204 g/mol. The second-order valence-electron chi connectivity index (χ2n) is 4.05. The molecule has 1 aliphatic carbocycles. The molecule has 1 N–H and O–H groups in total. The maximum Gasteiger partial charge on any atom is 0.186 e. The molecule has 1 unspecified atom stereocenters. The van der Waals surface area contributed by atoms with Crippen molar-refractivity contribution in [2.24, 2.45) is 0 Å². The van der Waals surface area contributed by atoms with Gasteiger partial charge in [0, 0.05) is 11.1 Å². The monoisotopic (exact) mass is 218 g/mol. The summed E-state index contributed by atoms with van der Waals surface area (Å²) in [7, 11) is 0. The summed E-state index contributed by atoms with van der Waals surface area (Å²) in [6.07, 6.45) is 2.13. The number of aliphatic hydroxyl groups excluding tert-OH is 1. The molecule has 0 radical (unpaired) electrons. The van der Waals surface area contributed by atoms with E-state index < -0.39 is 6.10 Å². The Morgan fingerprint density at radius 2 is 2.12 bits per heavy atom. The average molecular weight is 218 g/mol. The molecule has 0 fully saturated rings. The number of allylic oxidation sites excluding steroid dienone is 1. The smallest absolute Gasteiger partial charge is 0.186 e. The van der Waals surface area contributed by atoms with Gasteiger partial charge >= 0.3 is 0 Å². The van der Waals surface area contributed by atoms with Crippen molar-refractivity contribution in [3.8, 4) is 5.75 Å². The van der Waals surface area contributed by atoms with Crippen LogP contribution in [0.2, 0.25) is 0 Å². The number of carbonyl (C=O) groups excluding carboxylic acids is 1. The molecule has 16 heavy (non-hydrogen) atoms. The molecule has 3 nitrogen and oxygen atoms in total. The van der Waals surface area contributed by atoms with Crippen LogP contribution in [0.5, 0.6) is 5.75 Å². The van der Waals surface area contributed by atoms with Crippen LogP contribution in [0.3, 0.4) is 0 Å². The van der Waals surface area contributed by atoms with Gasteiger partial charge in [-0.1, -0.05) is 12.1 Å². The first-order chi connectivity index (χ1) is 7.59. The lowest BCUT2D eigenvalue weighted by Crippen LogP contribution is -2.14. The molecule has 0 bridgehead atoms. The highest BCUT2D eigenvalue weighted by Gasteiger charge is 2.23. The zero-order chi connectivity index (χ0) is 11.7. The summed E-state index contributed by atoms with van der Waals surface area (Å²) in [4.78, 5) is 11.6. The molecule has 1 aromatic carbocycles. The number of hydrogen-bond donors (Lipinski definition) is 1. The predicted molar refractivity (Wildman–Crippen MR) is 60.6 cm³/mol. The molecule has 0 saturated carbocycles. The SMILES string of the molecule is CC(C)Oc1cccc2c1C(O)C=CC2=O. The lowest BCUT2D eigenvalue weighted by molar-refractivity contribution is 0.103. The first kappa shape index (κ1) is 10.9.